The largest absolute Gasteiger partial charge is 0.478 e. The van der Waals surface area contributed by atoms with Gasteiger partial charge in [-0.15, -0.1) is 5.10 Å². The van der Waals surface area contributed by atoms with Crippen molar-refractivity contribution < 1.29 is 9.90 Å². The third-order valence-electron chi connectivity index (χ3n) is 3.76. The van der Waals surface area contributed by atoms with Crippen molar-refractivity contribution in [3.63, 3.8) is 0 Å². The number of carbonyl (C=O) groups is 1. The first-order chi connectivity index (χ1) is 11.6. The molecule has 0 saturated carbocycles. The molecule has 2 aromatic carbocycles. The van der Waals surface area contributed by atoms with Gasteiger partial charge in [0.25, 0.3) is 0 Å². The van der Waals surface area contributed by atoms with E-state index < -0.39 is 5.97 Å². The third-order valence-corrected chi connectivity index (χ3v) is 3.76. The maximum atomic E-state index is 11.3. The summed E-state index contributed by atoms with van der Waals surface area (Å²) in [7, 11) is 1.99. The number of carboxylic acids is 1. The molecule has 1 N–H and O–H groups in total. The summed E-state index contributed by atoms with van der Waals surface area (Å²) in [6.45, 7) is 1.01. The number of hydrogen-bond acceptors (Lipinski definition) is 4. The molecular weight excluding hydrogens is 304 g/mol. The predicted molar refractivity (Wildman–Crippen MR) is 91.1 cm³/mol. The van der Waals surface area contributed by atoms with Crippen molar-refractivity contribution in [1.29, 1.82) is 0 Å². The van der Waals surface area contributed by atoms with E-state index in [9.17, 15) is 9.90 Å². The van der Waals surface area contributed by atoms with Gasteiger partial charge in [-0.25, -0.2) is 9.48 Å². The van der Waals surface area contributed by atoms with E-state index in [1.54, 1.807) is 22.9 Å². The zero-order valence-corrected chi connectivity index (χ0v) is 13.3. The van der Waals surface area contributed by atoms with Crippen LogP contribution in [0.5, 0.6) is 0 Å². The molecule has 0 atom stereocenters. The average molecular weight is 322 g/mol. The van der Waals surface area contributed by atoms with Crippen LogP contribution < -0.4 is 4.90 Å². The molecule has 1 heterocycles. The Labute approximate surface area is 140 Å². The molecule has 0 bridgehead atoms. The highest BCUT2D eigenvalue weighted by Crippen LogP contribution is 2.14. The molecule has 0 aliphatic rings. The van der Waals surface area contributed by atoms with Crippen LogP contribution in [0.3, 0.4) is 0 Å². The van der Waals surface area contributed by atoms with E-state index in [1.165, 1.54) is 0 Å². The molecule has 3 rings (SSSR count). The Kier molecular flexibility index (Phi) is 4.56. The second-order valence-electron chi connectivity index (χ2n) is 5.56. The van der Waals surface area contributed by atoms with Crippen molar-refractivity contribution in [2.24, 2.45) is 0 Å². The van der Waals surface area contributed by atoms with Crippen molar-refractivity contribution in [2.75, 3.05) is 11.9 Å². The lowest BCUT2D eigenvalue weighted by Gasteiger charge is -2.17. The fourth-order valence-corrected chi connectivity index (χ4v) is 2.55. The number of aromatic nitrogens is 3. The minimum absolute atomic E-state index is 0.288. The Balaban J connectivity index is 1.71. The summed E-state index contributed by atoms with van der Waals surface area (Å²) in [6, 6.07) is 17.0. The minimum Gasteiger partial charge on any atom is -0.478 e. The molecule has 122 valence electrons. The Hall–Kier alpha value is -3.15. The first kappa shape index (κ1) is 15.7. The maximum absolute atomic E-state index is 11.3. The Bertz CT molecular complexity index is 830. The number of para-hydroxylation sites is 1. The standard InChI is InChI=1S/C18H18N4O2/c1-21(16-8-3-2-4-9-16)12-15-13-22(20-19-15)11-14-7-5-6-10-17(14)18(23)24/h2-10,13H,11-12H2,1H3,(H,23,24). The normalized spacial score (nSPS) is 10.5. The fourth-order valence-electron chi connectivity index (χ4n) is 2.55. The summed E-state index contributed by atoms with van der Waals surface area (Å²) < 4.78 is 1.66. The molecule has 0 aliphatic heterocycles. The topological polar surface area (TPSA) is 71.2 Å². The number of nitrogens with zero attached hydrogens (tertiary/aromatic N) is 4. The van der Waals surface area contributed by atoms with Gasteiger partial charge in [0, 0.05) is 12.7 Å². The van der Waals surface area contributed by atoms with Crippen LogP contribution in [0.1, 0.15) is 21.6 Å². The fraction of sp³-hybridized carbons (Fsp3) is 0.167. The van der Waals surface area contributed by atoms with Crippen molar-refractivity contribution in [1.82, 2.24) is 15.0 Å². The summed E-state index contributed by atoms with van der Waals surface area (Å²) in [5.74, 6) is -0.935. The van der Waals surface area contributed by atoms with E-state index in [0.29, 0.717) is 18.7 Å². The van der Waals surface area contributed by atoms with Gasteiger partial charge in [0.2, 0.25) is 0 Å². The van der Waals surface area contributed by atoms with Gasteiger partial charge in [-0.05, 0) is 23.8 Å². The summed E-state index contributed by atoms with van der Waals surface area (Å²) in [4.78, 5) is 13.4. The van der Waals surface area contributed by atoms with Crippen LogP contribution in [-0.2, 0) is 13.1 Å². The number of carboxylic acid groups (broad SMARTS) is 1. The van der Waals surface area contributed by atoms with Crippen LogP contribution in [-0.4, -0.2) is 33.1 Å². The summed E-state index contributed by atoms with van der Waals surface area (Å²) >= 11 is 0. The van der Waals surface area contributed by atoms with Crippen LogP contribution in [0.4, 0.5) is 5.69 Å². The molecule has 0 fully saturated rings. The highest BCUT2D eigenvalue weighted by molar-refractivity contribution is 5.89. The molecule has 24 heavy (non-hydrogen) atoms. The van der Waals surface area contributed by atoms with E-state index in [4.69, 9.17) is 0 Å². The molecule has 0 amide bonds. The summed E-state index contributed by atoms with van der Waals surface area (Å²) in [5.41, 5.74) is 2.92. The summed E-state index contributed by atoms with van der Waals surface area (Å²) in [5, 5.41) is 17.5. The quantitative estimate of drug-likeness (QED) is 0.755. The molecule has 1 aromatic heterocycles. The van der Waals surface area contributed by atoms with E-state index >= 15 is 0 Å². The monoisotopic (exact) mass is 322 g/mol. The maximum Gasteiger partial charge on any atom is 0.336 e. The number of aromatic carboxylic acids is 1. The van der Waals surface area contributed by atoms with Crippen LogP contribution in [0.15, 0.2) is 60.8 Å². The highest BCUT2D eigenvalue weighted by Gasteiger charge is 2.11. The van der Waals surface area contributed by atoms with Crippen molar-refractivity contribution in [3.8, 4) is 0 Å². The van der Waals surface area contributed by atoms with E-state index in [1.807, 2.05) is 49.6 Å². The first-order valence-electron chi connectivity index (χ1n) is 7.60. The minimum atomic E-state index is -0.935. The lowest BCUT2D eigenvalue weighted by atomic mass is 10.1. The molecule has 6 nitrogen and oxygen atoms in total. The number of hydrogen-bond donors (Lipinski definition) is 1. The van der Waals surface area contributed by atoms with Crippen LogP contribution in [0, 0.1) is 0 Å². The zero-order chi connectivity index (χ0) is 16.9. The Morgan fingerprint density at radius 2 is 1.83 bits per heavy atom. The van der Waals surface area contributed by atoms with E-state index in [2.05, 4.69) is 15.2 Å². The predicted octanol–water partition coefficient (Wildman–Crippen LogP) is 2.66. The highest BCUT2D eigenvalue weighted by atomic mass is 16.4. The van der Waals surface area contributed by atoms with Crippen molar-refractivity contribution in [2.45, 2.75) is 13.1 Å². The SMILES string of the molecule is CN(Cc1cn(Cc2ccccc2C(=O)O)nn1)c1ccccc1. The zero-order valence-electron chi connectivity index (χ0n) is 13.3. The summed E-state index contributed by atoms with van der Waals surface area (Å²) in [6.07, 6.45) is 1.85. The Morgan fingerprint density at radius 1 is 1.12 bits per heavy atom. The van der Waals surface area contributed by atoms with Gasteiger partial charge in [0.1, 0.15) is 5.69 Å². The van der Waals surface area contributed by atoms with Gasteiger partial charge in [0.05, 0.1) is 24.8 Å². The van der Waals surface area contributed by atoms with Crippen molar-refractivity contribution in [3.05, 3.63) is 77.6 Å². The van der Waals surface area contributed by atoms with Gasteiger partial charge in [-0.3, -0.25) is 0 Å². The number of benzene rings is 2. The van der Waals surface area contributed by atoms with Crippen LogP contribution in [0.2, 0.25) is 0 Å². The molecule has 6 heteroatoms. The second kappa shape index (κ2) is 6.95. The van der Waals surface area contributed by atoms with Gasteiger partial charge in [-0.2, -0.15) is 0 Å². The van der Waals surface area contributed by atoms with Gasteiger partial charge < -0.3 is 10.0 Å². The average Bonchev–Trinajstić information content (AvgIpc) is 3.03. The van der Waals surface area contributed by atoms with Gasteiger partial charge in [-0.1, -0.05) is 41.6 Å². The smallest absolute Gasteiger partial charge is 0.336 e. The molecule has 0 radical (unpaired) electrons. The van der Waals surface area contributed by atoms with Crippen molar-refractivity contribution >= 4 is 11.7 Å². The van der Waals surface area contributed by atoms with Crippen LogP contribution in [0.25, 0.3) is 0 Å². The van der Waals surface area contributed by atoms with E-state index in [0.717, 1.165) is 11.4 Å². The van der Waals surface area contributed by atoms with Crippen LogP contribution >= 0.6 is 0 Å². The van der Waals surface area contributed by atoms with Gasteiger partial charge >= 0.3 is 5.97 Å². The molecule has 0 saturated heterocycles. The molecule has 0 spiro atoms. The molecule has 0 unspecified atom stereocenters. The third kappa shape index (κ3) is 3.60. The van der Waals surface area contributed by atoms with Gasteiger partial charge in [0.15, 0.2) is 0 Å². The molecule has 0 aliphatic carbocycles. The molecular formula is C18H18N4O2. The number of rotatable bonds is 6. The number of anilines is 1. The second-order valence-corrected chi connectivity index (χ2v) is 5.56. The lowest BCUT2D eigenvalue weighted by Crippen LogP contribution is -2.16. The first-order valence-corrected chi connectivity index (χ1v) is 7.60. The molecule has 3 aromatic rings. The lowest BCUT2D eigenvalue weighted by molar-refractivity contribution is 0.0695. The van der Waals surface area contributed by atoms with E-state index in [-0.39, 0.29) is 5.56 Å². The Morgan fingerprint density at radius 3 is 2.58 bits per heavy atom.